The predicted octanol–water partition coefficient (Wildman–Crippen LogP) is 31.9. The van der Waals surface area contributed by atoms with Crippen LogP contribution in [-0.2, 0) is 73.6 Å². The van der Waals surface area contributed by atoms with Crippen molar-refractivity contribution in [1.29, 1.82) is 0 Å². The lowest BCUT2D eigenvalue weighted by atomic mass is 9.81. The first-order chi connectivity index (χ1) is 67.3. The van der Waals surface area contributed by atoms with E-state index in [0.717, 1.165) is 130 Å². The molecule has 13 aromatic carbocycles. The maximum absolute atomic E-state index is 14.9. The highest BCUT2D eigenvalue weighted by Gasteiger charge is 2.29. The summed E-state index contributed by atoms with van der Waals surface area (Å²) in [6, 6.07) is 85.7. The van der Waals surface area contributed by atoms with Gasteiger partial charge in [0.15, 0.2) is 0 Å². The van der Waals surface area contributed by atoms with Gasteiger partial charge in [0.2, 0.25) is 0 Å². The van der Waals surface area contributed by atoms with Gasteiger partial charge in [-0.3, -0.25) is 9.59 Å². The molecule has 13 rings (SSSR count). The van der Waals surface area contributed by atoms with Crippen LogP contribution in [-0.4, -0.2) is 56.9 Å². The van der Waals surface area contributed by atoms with Crippen molar-refractivity contribution in [2.45, 2.75) is 242 Å². The molecule has 13 aromatic rings. The number of aliphatic carboxylic acids is 1. The van der Waals surface area contributed by atoms with Crippen molar-refractivity contribution in [2.24, 2.45) is 11.8 Å². The molecular formula is C125H143F4NO12. The number of ketones is 3. The van der Waals surface area contributed by atoms with Crippen molar-refractivity contribution in [1.82, 2.24) is 0 Å². The third-order valence-electron chi connectivity index (χ3n) is 25.0. The van der Waals surface area contributed by atoms with Gasteiger partial charge in [-0.2, -0.15) is 0 Å². The Morgan fingerprint density at radius 2 is 0.585 bits per heavy atom. The van der Waals surface area contributed by atoms with Gasteiger partial charge in [-0.1, -0.05) is 238 Å². The minimum Gasteiger partial charge on any atom is -0.497 e. The zero-order chi connectivity index (χ0) is 104. The molecule has 0 radical (unpaired) electrons. The molecule has 0 aliphatic heterocycles. The van der Waals surface area contributed by atoms with Crippen LogP contribution < -0.4 is 38.5 Å². The van der Waals surface area contributed by atoms with Gasteiger partial charge in [0.1, 0.15) is 101 Å². The Bertz CT molecular complexity index is 6170. The van der Waals surface area contributed by atoms with Crippen LogP contribution in [0.5, 0.6) is 40.2 Å². The van der Waals surface area contributed by atoms with Crippen LogP contribution in [0.3, 0.4) is 0 Å². The number of carbonyl (C=O) groups is 4. The largest absolute Gasteiger partial charge is 0.497 e. The second kappa shape index (κ2) is 50.7. The van der Waals surface area contributed by atoms with Crippen molar-refractivity contribution in [2.75, 3.05) is 33.8 Å². The molecule has 0 unspecified atom stereocenters. The lowest BCUT2D eigenvalue weighted by Crippen LogP contribution is -2.14. The molecule has 0 bridgehead atoms. The Hall–Kier alpha value is -13.5. The highest BCUT2D eigenvalue weighted by atomic mass is 19.1. The first-order valence-electron chi connectivity index (χ1n) is 48.9. The highest BCUT2D eigenvalue weighted by molar-refractivity contribution is 5.79. The van der Waals surface area contributed by atoms with E-state index < -0.39 is 5.97 Å². The van der Waals surface area contributed by atoms with Crippen LogP contribution in [0.1, 0.15) is 260 Å². The number of rotatable bonds is 37. The number of hydrogen-bond acceptors (Lipinski definition) is 12. The van der Waals surface area contributed by atoms with Crippen LogP contribution >= 0.6 is 0 Å². The van der Waals surface area contributed by atoms with E-state index in [-0.39, 0.29) is 86.5 Å². The molecule has 17 heteroatoms. The van der Waals surface area contributed by atoms with Gasteiger partial charge < -0.3 is 53.2 Å². The molecule has 0 heterocycles. The number of carboxylic acid groups (broad SMARTS) is 1. The van der Waals surface area contributed by atoms with Crippen LogP contribution in [0.4, 0.5) is 23.2 Å². The minimum absolute atomic E-state index is 0.00742. The average molecular weight is 1930 g/mol. The molecular weight excluding hydrogens is 1780 g/mol. The van der Waals surface area contributed by atoms with Gasteiger partial charge in [0.25, 0.3) is 0 Å². The van der Waals surface area contributed by atoms with Crippen LogP contribution in [0.15, 0.2) is 273 Å². The Morgan fingerprint density at radius 1 is 0.310 bits per heavy atom. The molecule has 0 saturated carbocycles. The summed E-state index contributed by atoms with van der Waals surface area (Å²) in [4.78, 5) is 46.2. The molecule has 2 N–H and O–H groups in total. The van der Waals surface area contributed by atoms with Gasteiger partial charge in [0.05, 0.1) is 28.4 Å². The summed E-state index contributed by atoms with van der Waals surface area (Å²) in [5.41, 5.74) is 19.4. The average Bonchev–Trinajstić information content (AvgIpc) is 0.793. The van der Waals surface area contributed by atoms with Gasteiger partial charge in [0, 0.05) is 66.1 Å². The zero-order valence-electron chi connectivity index (χ0n) is 87.1. The van der Waals surface area contributed by atoms with Gasteiger partial charge in [-0.25, -0.2) is 17.6 Å². The van der Waals surface area contributed by atoms with Gasteiger partial charge in [-0.05, 0) is 326 Å². The van der Waals surface area contributed by atoms with Crippen LogP contribution in [0.25, 0.3) is 44.5 Å². The lowest BCUT2D eigenvalue weighted by Gasteiger charge is -2.24. The maximum atomic E-state index is 14.9. The Morgan fingerprint density at radius 3 is 0.866 bits per heavy atom. The van der Waals surface area contributed by atoms with Crippen LogP contribution in [0.2, 0.25) is 0 Å². The number of ether oxygens (including phenoxy) is 7. The van der Waals surface area contributed by atoms with E-state index in [0.29, 0.717) is 109 Å². The van der Waals surface area contributed by atoms with E-state index in [2.05, 4.69) is 183 Å². The van der Waals surface area contributed by atoms with E-state index >= 15 is 0 Å². The molecule has 748 valence electrons. The van der Waals surface area contributed by atoms with E-state index in [9.17, 15) is 36.7 Å². The summed E-state index contributed by atoms with van der Waals surface area (Å²) in [6.45, 7) is 40.8. The number of carbonyl (C=O) groups excluding carboxylic acids is 3. The fourth-order valence-corrected chi connectivity index (χ4v) is 17.7. The molecule has 0 aliphatic carbocycles. The quantitative estimate of drug-likeness (QED) is 0.0354. The maximum Gasteiger partial charge on any atom is 0.303 e. The Balaban J connectivity index is 0.000000195. The van der Waals surface area contributed by atoms with Crippen molar-refractivity contribution in [3.63, 3.8) is 0 Å². The molecule has 0 fully saturated rings. The summed E-state index contributed by atoms with van der Waals surface area (Å²) < 4.78 is 99.2. The monoisotopic (exact) mass is 1930 g/mol. The van der Waals surface area contributed by atoms with E-state index in [1.54, 1.807) is 97.7 Å². The number of halogens is 4. The van der Waals surface area contributed by atoms with E-state index in [1.807, 2.05) is 133 Å². The summed E-state index contributed by atoms with van der Waals surface area (Å²) in [5, 5.41) is 12.2. The topological polar surface area (TPSA) is 165 Å². The Kier molecular flexibility index (Phi) is 39.5. The second-order valence-electron chi connectivity index (χ2n) is 41.8. The van der Waals surface area contributed by atoms with Crippen molar-refractivity contribution < 1.29 is 75.0 Å². The molecule has 0 saturated heterocycles. The van der Waals surface area contributed by atoms with Gasteiger partial charge >= 0.3 is 5.97 Å². The fraction of sp³-hybridized carbons (Fsp3) is 0.344. The Labute approximate surface area is 840 Å². The smallest absolute Gasteiger partial charge is 0.303 e. The molecule has 13 nitrogen and oxygen atoms in total. The number of benzene rings is 13. The molecule has 0 amide bonds. The fourth-order valence-electron chi connectivity index (χ4n) is 17.7. The predicted molar refractivity (Wildman–Crippen MR) is 569 cm³/mol. The highest BCUT2D eigenvalue weighted by Crippen LogP contribution is 2.44. The summed E-state index contributed by atoms with van der Waals surface area (Å²) in [6.07, 6.45) is 4.15. The van der Waals surface area contributed by atoms with Crippen LogP contribution in [0, 0.1) is 35.1 Å². The molecule has 3 atom stereocenters. The summed E-state index contributed by atoms with van der Waals surface area (Å²) in [5.74, 6) is 4.87. The first kappa shape index (κ1) is 110. The summed E-state index contributed by atoms with van der Waals surface area (Å²) in [7, 11) is 6.33. The zero-order valence-corrected chi connectivity index (χ0v) is 87.1. The normalized spacial score (nSPS) is 12.1. The van der Waals surface area contributed by atoms with Crippen molar-refractivity contribution >= 4 is 29.0 Å². The molecule has 0 aromatic heterocycles. The number of methoxy groups -OCH3 is 4. The SMILES string of the molecule is COc1ccc(F)c(-c2cc(CNc3ccc(CCC(=O)O)cc3)ccc2C(C)(C)C)c1.COc1ccc(F)c(-c2cc(COc3ccc([C@@H](CC(C)=O)CC(C)C)cc3)ccc2C(C)(C)C)c1.COc1ccc(F)c(-c2cc(COc3ccc([C@@H](CC(C)=O)c4ccccc4)cc3)ccc2C(C)(C)C)c1.COc1ccc(F)c(-c2cc(COc3ccc([C@H](CC(C)=O)CC(C)C)cc3)ccc2C(C)(C)C)c1. The van der Waals surface area contributed by atoms with Gasteiger partial charge in [-0.15, -0.1) is 0 Å². The van der Waals surface area contributed by atoms with Crippen molar-refractivity contribution in [3.8, 4) is 84.8 Å². The van der Waals surface area contributed by atoms with Crippen molar-refractivity contribution in [3.05, 3.63) is 369 Å². The first-order valence-corrected chi connectivity index (χ1v) is 48.9. The number of anilines is 1. The number of aryl methyl sites for hydroxylation is 1. The number of Topliss-reactive ketones (excluding diaryl/α,β-unsaturated/α-hetero) is 3. The number of carboxylic acids is 1. The summed E-state index contributed by atoms with van der Waals surface area (Å²) >= 11 is 0. The molecule has 142 heavy (non-hydrogen) atoms. The van der Waals surface area contributed by atoms with E-state index in [1.165, 1.54) is 24.3 Å². The molecule has 0 spiro atoms. The minimum atomic E-state index is -0.797. The van der Waals surface area contributed by atoms with E-state index in [4.69, 9.17) is 38.3 Å². The molecule has 0 aliphatic rings. The number of hydrogen-bond donors (Lipinski definition) is 2. The number of nitrogens with one attached hydrogen (secondary N) is 1. The standard InChI is InChI=1S/C34H35FO3.2C32H39FO3.C27H30FNO3/c1-23(36)19-29(25-9-7-6-8-10-25)26-12-14-27(15-13-26)38-22-24-11-17-32(34(2,3)4)30(20-24)31-21-28(37-5)16-18-33(31)35;2*1-21(2)16-25(17-22(3)34)24-9-11-26(12-10-24)36-20-23-8-14-30(32(4,5)6)28(18-23)29-19-27(35-7)13-15-31(29)33;1-27(2,3)24-12-7-19(15-22(24)23-16-21(32-4)11-13-25(23)28)17-29-20-9-5-18(6-10-20)8-14-26(30)31/h6-18,20-21,29H,19,22H2,1-5H3;2*8-15,18-19,21,25H,16-17,20H2,1-7H3;5-7,9-13,15-16,29H,8,14,17H2,1-4H3,(H,30,31)/t29-;2*25-;/m010./s1. The second-order valence-corrected chi connectivity index (χ2v) is 41.8. The third-order valence-corrected chi connectivity index (χ3v) is 25.0. The third kappa shape index (κ3) is 32.5. The lowest BCUT2D eigenvalue weighted by molar-refractivity contribution is -0.137.